The minimum atomic E-state index is -3.54. The molecule has 174 valence electrons. The Morgan fingerprint density at radius 2 is 1.76 bits per heavy atom. The molecule has 2 aromatic carbocycles. The number of piperidine rings is 1. The number of hydrogen-bond donors (Lipinski definition) is 0. The molecule has 1 aliphatic heterocycles. The molecule has 1 aliphatic carbocycles. The van der Waals surface area contributed by atoms with Gasteiger partial charge in [-0.3, -0.25) is 0 Å². The maximum Gasteiger partial charge on any atom is 0.182 e. The van der Waals surface area contributed by atoms with Gasteiger partial charge >= 0.3 is 0 Å². The van der Waals surface area contributed by atoms with Crippen molar-refractivity contribution in [3.05, 3.63) is 77.9 Å². The third-order valence-corrected chi connectivity index (χ3v) is 9.24. The van der Waals surface area contributed by atoms with Crippen molar-refractivity contribution >= 4 is 20.7 Å². The van der Waals surface area contributed by atoms with E-state index >= 15 is 0 Å². The number of allylic oxidation sites excluding steroid dienone is 1. The fourth-order valence-corrected chi connectivity index (χ4v) is 6.64. The SMILES string of the molecule is C=C(C1CCC1)N1CCC(c2cn(C)c3ccc(CS(=O)(=O)c4ccc(F)cc4)cc23)CC1. The second kappa shape index (κ2) is 8.64. The van der Waals surface area contributed by atoms with Gasteiger partial charge in [-0.25, -0.2) is 12.8 Å². The topological polar surface area (TPSA) is 42.3 Å². The van der Waals surface area contributed by atoms with Crippen molar-refractivity contribution in [3.8, 4) is 0 Å². The quantitative estimate of drug-likeness (QED) is 0.432. The molecule has 33 heavy (non-hydrogen) atoms. The monoisotopic (exact) mass is 466 g/mol. The summed E-state index contributed by atoms with van der Waals surface area (Å²) in [5, 5.41) is 1.14. The van der Waals surface area contributed by atoms with Gasteiger partial charge in [0, 0.05) is 42.9 Å². The number of nitrogens with zero attached hydrogens (tertiary/aromatic N) is 2. The molecule has 2 aliphatic rings. The molecule has 1 aromatic heterocycles. The first-order chi connectivity index (χ1) is 15.8. The Hall–Kier alpha value is -2.60. The summed E-state index contributed by atoms with van der Waals surface area (Å²) in [6.45, 7) is 6.45. The molecule has 5 rings (SSSR count). The summed E-state index contributed by atoms with van der Waals surface area (Å²) in [4.78, 5) is 2.63. The molecule has 1 saturated carbocycles. The third-order valence-electron chi connectivity index (χ3n) is 7.53. The number of aryl methyl sites for hydroxylation is 1. The van der Waals surface area contributed by atoms with E-state index in [-0.39, 0.29) is 10.6 Å². The van der Waals surface area contributed by atoms with Crippen LogP contribution in [0.2, 0.25) is 0 Å². The van der Waals surface area contributed by atoms with Gasteiger partial charge in [-0.05, 0) is 85.0 Å². The first kappa shape index (κ1) is 22.2. The third kappa shape index (κ3) is 4.33. The first-order valence-corrected chi connectivity index (χ1v) is 13.5. The zero-order valence-electron chi connectivity index (χ0n) is 19.1. The molecule has 0 radical (unpaired) electrons. The molecule has 0 N–H and O–H groups in total. The van der Waals surface area contributed by atoms with Gasteiger partial charge in [-0.1, -0.05) is 19.1 Å². The fraction of sp³-hybridized carbons (Fsp3) is 0.407. The summed E-state index contributed by atoms with van der Waals surface area (Å²) in [6, 6.07) is 11.0. The first-order valence-electron chi connectivity index (χ1n) is 11.8. The highest BCUT2D eigenvalue weighted by atomic mass is 32.2. The number of rotatable bonds is 6. The highest BCUT2D eigenvalue weighted by molar-refractivity contribution is 7.90. The molecule has 2 fully saturated rings. The van der Waals surface area contributed by atoms with Crippen LogP contribution in [0.3, 0.4) is 0 Å². The van der Waals surface area contributed by atoms with Crippen LogP contribution in [0, 0.1) is 11.7 Å². The average Bonchev–Trinajstić information content (AvgIpc) is 3.08. The number of hydrogen-bond acceptors (Lipinski definition) is 3. The average molecular weight is 467 g/mol. The molecule has 4 nitrogen and oxygen atoms in total. The second-order valence-electron chi connectivity index (χ2n) is 9.64. The normalized spacial score (nSPS) is 17.9. The van der Waals surface area contributed by atoms with Crippen LogP contribution in [0.5, 0.6) is 0 Å². The summed E-state index contributed by atoms with van der Waals surface area (Å²) < 4.78 is 41.1. The zero-order valence-corrected chi connectivity index (χ0v) is 20.0. The van der Waals surface area contributed by atoms with Crippen molar-refractivity contribution in [1.29, 1.82) is 0 Å². The molecule has 6 heteroatoms. The Labute approximate surface area is 195 Å². The zero-order chi connectivity index (χ0) is 23.2. The summed E-state index contributed by atoms with van der Waals surface area (Å²) in [5.74, 6) is 0.613. The predicted molar refractivity (Wildman–Crippen MR) is 130 cm³/mol. The lowest BCUT2D eigenvalue weighted by atomic mass is 9.81. The van der Waals surface area contributed by atoms with E-state index in [0.29, 0.717) is 11.8 Å². The Balaban J connectivity index is 1.36. The van der Waals surface area contributed by atoms with Crippen LogP contribution in [0.25, 0.3) is 10.9 Å². The molecule has 0 atom stereocenters. The second-order valence-corrected chi connectivity index (χ2v) is 11.6. The van der Waals surface area contributed by atoms with E-state index in [1.165, 1.54) is 54.8 Å². The van der Waals surface area contributed by atoms with Crippen molar-refractivity contribution in [1.82, 2.24) is 9.47 Å². The van der Waals surface area contributed by atoms with Gasteiger partial charge in [0.25, 0.3) is 0 Å². The lowest BCUT2D eigenvalue weighted by Crippen LogP contribution is -2.36. The largest absolute Gasteiger partial charge is 0.375 e. The number of aromatic nitrogens is 1. The predicted octanol–water partition coefficient (Wildman–Crippen LogP) is 5.78. The maximum absolute atomic E-state index is 13.2. The minimum Gasteiger partial charge on any atom is -0.375 e. The number of benzene rings is 2. The molecule has 2 heterocycles. The van der Waals surface area contributed by atoms with E-state index in [1.807, 2.05) is 25.2 Å². The van der Waals surface area contributed by atoms with Crippen LogP contribution in [0.15, 0.2) is 65.8 Å². The molecular weight excluding hydrogens is 435 g/mol. The van der Waals surface area contributed by atoms with Crippen molar-refractivity contribution in [3.63, 3.8) is 0 Å². The van der Waals surface area contributed by atoms with E-state index in [9.17, 15) is 12.8 Å². The van der Waals surface area contributed by atoms with Crippen LogP contribution >= 0.6 is 0 Å². The Morgan fingerprint density at radius 3 is 2.39 bits per heavy atom. The van der Waals surface area contributed by atoms with E-state index in [2.05, 4.69) is 22.2 Å². The standard InChI is InChI=1S/C27H31FN2O2S/c1-19(21-4-3-5-21)30-14-12-22(13-15-30)26-17-29(2)27-11-6-20(16-25(26)27)18-33(31,32)24-9-7-23(28)8-10-24/h6-11,16-17,21-22H,1,3-5,12-15,18H2,2H3. The van der Waals surface area contributed by atoms with Crippen LogP contribution in [-0.2, 0) is 22.6 Å². The summed E-state index contributed by atoms with van der Waals surface area (Å²) in [7, 11) is -1.49. The van der Waals surface area contributed by atoms with Crippen LogP contribution in [-0.4, -0.2) is 31.0 Å². The van der Waals surface area contributed by atoms with Crippen LogP contribution in [0.1, 0.15) is 49.1 Å². The molecule has 0 spiro atoms. The van der Waals surface area contributed by atoms with Gasteiger partial charge in [0.2, 0.25) is 0 Å². The van der Waals surface area contributed by atoms with Gasteiger partial charge in [-0.2, -0.15) is 0 Å². The molecule has 0 amide bonds. The Bertz CT molecular complexity index is 1280. The lowest BCUT2D eigenvalue weighted by Gasteiger charge is -2.40. The molecule has 0 bridgehead atoms. The van der Waals surface area contributed by atoms with Gasteiger partial charge in [-0.15, -0.1) is 0 Å². The number of likely N-dealkylation sites (tertiary alicyclic amines) is 1. The Morgan fingerprint density at radius 1 is 1.06 bits per heavy atom. The van der Waals surface area contributed by atoms with Gasteiger partial charge in [0.15, 0.2) is 9.84 Å². The molecule has 1 saturated heterocycles. The number of halogens is 1. The van der Waals surface area contributed by atoms with Crippen LogP contribution < -0.4 is 0 Å². The highest BCUT2D eigenvalue weighted by Crippen LogP contribution is 2.39. The van der Waals surface area contributed by atoms with Gasteiger partial charge in [0.05, 0.1) is 10.6 Å². The maximum atomic E-state index is 13.2. The van der Waals surface area contributed by atoms with Gasteiger partial charge < -0.3 is 9.47 Å². The number of sulfone groups is 1. The van der Waals surface area contributed by atoms with E-state index in [1.54, 1.807) is 0 Å². The summed E-state index contributed by atoms with van der Waals surface area (Å²) in [6.07, 6.45) is 8.28. The molecule has 0 unspecified atom stereocenters. The molecule has 3 aromatic rings. The Kier molecular flexibility index (Phi) is 5.81. The minimum absolute atomic E-state index is 0.0947. The van der Waals surface area contributed by atoms with E-state index in [0.717, 1.165) is 42.4 Å². The fourth-order valence-electron chi connectivity index (χ4n) is 5.31. The van der Waals surface area contributed by atoms with Crippen LogP contribution in [0.4, 0.5) is 4.39 Å². The molecular formula is C27H31FN2O2S. The van der Waals surface area contributed by atoms with E-state index < -0.39 is 15.7 Å². The smallest absolute Gasteiger partial charge is 0.182 e. The van der Waals surface area contributed by atoms with Crippen molar-refractivity contribution in [2.45, 2.75) is 48.7 Å². The van der Waals surface area contributed by atoms with Crippen molar-refractivity contribution in [2.24, 2.45) is 13.0 Å². The summed E-state index contributed by atoms with van der Waals surface area (Å²) >= 11 is 0. The highest BCUT2D eigenvalue weighted by Gasteiger charge is 2.29. The van der Waals surface area contributed by atoms with Gasteiger partial charge in [0.1, 0.15) is 5.82 Å². The number of fused-ring (bicyclic) bond motifs is 1. The summed E-state index contributed by atoms with van der Waals surface area (Å²) in [5.41, 5.74) is 4.51. The lowest BCUT2D eigenvalue weighted by molar-refractivity contribution is 0.207. The van der Waals surface area contributed by atoms with Crippen molar-refractivity contribution in [2.75, 3.05) is 13.1 Å². The van der Waals surface area contributed by atoms with Crippen molar-refractivity contribution < 1.29 is 12.8 Å². The van der Waals surface area contributed by atoms with E-state index in [4.69, 9.17) is 0 Å².